The van der Waals surface area contributed by atoms with Gasteiger partial charge in [-0.1, -0.05) is 25.4 Å². The molecule has 0 atom stereocenters. The van der Waals surface area contributed by atoms with Crippen LogP contribution in [-0.4, -0.2) is 23.9 Å². The topological polar surface area (TPSA) is 46.3 Å². The van der Waals surface area contributed by atoms with Crippen LogP contribution in [-0.2, 0) is 0 Å². The van der Waals surface area contributed by atoms with Gasteiger partial charge in [-0.3, -0.25) is 4.79 Å². The first-order chi connectivity index (χ1) is 7.95. The summed E-state index contributed by atoms with van der Waals surface area (Å²) in [6, 6.07) is 4.98. The van der Waals surface area contributed by atoms with Gasteiger partial charge in [0.2, 0.25) is 0 Å². The van der Waals surface area contributed by atoms with Crippen LogP contribution in [0.3, 0.4) is 0 Å². The van der Waals surface area contributed by atoms with E-state index in [1.807, 2.05) is 6.92 Å². The van der Waals surface area contributed by atoms with E-state index in [2.05, 4.69) is 13.8 Å². The summed E-state index contributed by atoms with van der Waals surface area (Å²) in [5.74, 6) is 0.372. The molecule has 0 bridgehead atoms. The van der Waals surface area contributed by atoms with Crippen LogP contribution < -0.4 is 5.73 Å². The van der Waals surface area contributed by atoms with Crippen molar-refractivity contribution in [1.29, 1.82) is 0 Å². The molecule has 0 saturated carbocycles. The Morgan fingerprint density at radius 2 is 2.12 bits per heavy atom. The van der Waals surface area contributed by atoms with Crippen molar-refractivity contribution in [3.8, 4) is 0 Å². The molecule has 4 heteroatoms. The fraction of sp³-hybridized carbons (Fsp3) is 0.462. The predicted molar refractivity (Wildman–Crippen MR) is 72.3 cm³/mol. The maximum absolute atomic E-state index is 12.3. The molecule has 0 aliphatic heterocycles. The fourth-order valence-electron chi connectivity index (χ4n) is 1.67. The van der Waals surface area contributed by atoms with E-state index in [1.54, 1.807) is 23.1 Å². The van der Waals surface area contributed by atoms with Crippen LogP contribution in [0.15, 0.2) is 18.2 Å². The number of nitrogen functional groups attached to an aromatic ring is 1. The lowest BCUT2D eigenvalue weighted by Crippen LogP contribution is -2.34. The Balaban J connectivity index is 2.97. The van der Waals surface area contributed by atoms with Crippen LogP contribution in [0.2, 0.25) is 5.02 Å². The van der Waals surface area contributed by atoms with Gasteiger partial charge in [-0.25, -0.2) is 0 Å². The van der Waals surface area contributed by atoms with Crippen LogP contribution >= 0.6 is 11.6 Å². The van der Waals surface area contributed by atoms with E-state index < -0.39 is 0 Å². The number of anilines is 1. The van der Waals surface area contributed by atoms with Gasteiger partial charge in [0.25, 0.3) is 5.91 Å². The number of carbonyl (C=O) groups excluding carboxylic acids is 1. The normalized spacial score (nSPS) is 10.6. The Kier molecular flexibility index (Phi) is 4.82. The number of carbonyl (C=O) groups is 1. The number of rotatable bonds is 4. The Morgan fingerprint density at radius 1 is 1.47 bits per heavy atom. The van der Waals surface area contributed by atoms with Crippen LogP contribution in [0.25, 0.3) is 0 Å². The second kappa shape index (κ2) is 5.92. The predicted octanol–water partition coefficient (Wildman–Crippen LogP) is 3.04. The van der Waals surface area contributed by atoms with Crippen molar-refractivity contribution in [2.24, 2.45) is 5.92 Å². The van der Waals surface area contributed by atoms with Crippen molar-refractivity contribution in [3.63, 3.8) is 0 Å². The number of nitrogens with two attached hydrogens (primary N) is 1. The van der Waals surface area contributed by atoms with E-state index in [4.69, 9.17) is 17.3 Å². The number of benzene rings is 1. The van der Waals surface area contributed by atoms with Gasteiger partial charge in [0.05, 0.1) is 10.6 Å². The van der Waals surface area contributed by atoms with Gasteiger partial charge in [0.1, 0.15) is 0 Å². The van der Waals surface area contributed by atoms with E-state index in [9.17, 15) is 4.79 Å². The molecule has 17 heavy (non-hydrogen) atoms. The highest BCUT2D eigenvalue weighted by Gasteiger charge is 2.18. The molecule has 94 valence electrons. The molecule has 1 rings (SSSR count). The first-order valence-electron chi connectivity index (χ1n) is 5.80. The molecule has 3 nitrogen and oxygen atoms in total. The zero-order chi connectivity index (χ0) is 13.0. The van der Waals surface area contributed by atoms with E-state index in [0.29, 0.717) is 28.7 Å². The van der Waals surface area contributed by atoms with E-state index in [-0.39, 0.29) is 5.91 Å². The third-order valence-corrected chi connectivity index (χ3v) is 2.80. The summed E-state index contributed by atoms with van der Waals surface area (Å²) in [4.78, 5) is 14.1. The van der Waals surface area contributed by atoms with Crippen LogP contribution in [0.1, 0.15) is 31.1 Å². The molecule has 1 amide bonds. The minimum Gasteiger partial charge on any atom is -0.399 e. The molecule has 0 aromatic heterocycles. The van der Waals surface area contributed by atoms with Crippen molar-refractivity contribution in [2.75, 3.05) is 18.8 Å². The van der Waals surface area contributed by atoms with Gasteiger partial charge in [0.15, 0.2) is 0 Å². The lowest BCUT2D eigenvalue weighted by atomic mass is 10.1. The quantitative estimate of drug-likeness (QED) is 0.840. The summed E-state index contributed by atoms with van der Waals surface area (Å²) in [6.07, 6.45) is 0. The second-order valence-electron chi connectivity index (χ2n) is 4.48. The van der Waals surface area contributed by atoms with Gasteiger partial charge >= 0.3 is 0 Å². The molecule has 0 fully saturated rings. The molecule has 1 aromatic carbocycles. The Morgan fingerprint density at radius 3 is 2.65 bits per heavy atom. The Bertz CT molecular complexity index is 404. The average molecular weight is 255 g/mol. The van der Waals surface area contributed by atoms with Crippen molar-refractivity contribution in [1.82, 2.24) is 4.90 Å². The number of amides is 1. The molecule has 0 aliphatic carbocycles. The molecule has 0 saturated heterocycles. The Hall–Kier alpha value is -1.22. The lowest BCUT2D eigenvalue weighted by molar-refractivity contribution is 0.0746. The second-order valence-corrected chi connectivity index (χ2v) is 4.88. The maximum atomic E-state index is 12.3. The van der Waals surface area contributed by atoms with Crippen molar-refractivity contribution in [2.45, 2.75) is 20.8 Å². The zero-order valence-corrected chi connectivity index (χ0v) is 11.3. The number of nitrogens with zero attached hydrogens (tertiary/aromatic N) is 1. The molecule has 0 unspecified atom stereocenters. The summed E-state index contributed by atoms with van der Waals surface area (Å²) in [5.41, 5.74) is 6.71. The monoisotopic (exact) mass is 254 g/mol. The maximum Gasteiger partial charge on any atom is 0.255 e. The lowest BCUT2D eigenvalue weighted by Gasteiger charge is -2.23. The highest BCUT2D eigenvalue weighted by atomic mass is 35.5. The molecular weight excluding hydrogens is 236 g/mol. The standard InChI is InChI=1S/C13H19ClN2O/c1-4-16(8-9(2)3)13(17)11-7-10(15)5-6-12(11)14/h5-7,9H,4,8,15H2,1-3H3. The van der Waals surface area contributed by atoms with Crippen molar-refractivity contribution < 1.29 is 4.79 Å². The molecule has 1 aromatic rings. The minimum atomic E-state index is -0.0569. The summed E-state index contributed by atoms with van der Waals surface area (Å²) >= 11 is 6.03. The van der Waals surface area contributed by atoms with E-state index in [1.165, 1.54) is 0 Å². The van der Waals surface area contributed by atoms with Crippen molar-refractivity contribution in [3.05, 3.63) is 28.8 Å². The smallest absolute Gasteiger partial charge is 0.255 e. The van der Waals surface area contributed by atoms with E-state index >= 15 is 0 Å². The largest absolute Gasteiger partial charge is 0.399 e. The molecule has 0 spiro atoms. The van der Waals surface area contributed by atoms with Crippen LogP contribution in [0, 0.1) is 5.92 Å². The third-order valence-electron chi connectivity index (χ3n) is 2.48. The van der Waals surface area contributed by atoms with Gasteiger partial charge in [-0.05, 0) is 31.0 Å². The molecule has 2 N–H and O–H groups in total. The number of hydrogen-bond donors (Lipinski definition) is 1. The first-order valence-corrected chi connectivity index (χ1v) is 6.17. The number of hydrogen-bond acceptors (Lipinski definition) is 2. The fourth-order valence-corrected chi connectivity index (χ4v) is 1.87. The van der Waals surface area contributed by atoms with Gasteiger partial charge in [-0.15, -0.1) is 0 Å². The first kappa shape index (κ1) is 13.8. The summed E-state index contributed by atoms with van der Waals surface area (Å²) in [7, 11) is 0. The van der Waals surface area contributed by atoms with Gasteiger partial charge in [0, 0.05) is 18.8 Å². The van der Waals surface area contributed by atoms with Crippen LogP contribution in [0.4, 0.5) is 5.69 Å². The van der Waals surface area contributed by atoms with Crippen molar-refractivity contribution >= 4 is 23.2 Å². The summed E-state index contributed by atoms with van der Waals surface area (Å²) in [5, 5.41) is 0.450. The van der Waals surface area contributed by atoms with E-state index in [0.717, 1.165) is 6.54 Å². The summed E-state index contributed by atoms with van der Waals surface area (Å²) in [6.45, 7) is 7.51. The minimum absolute atomic E-state index is 0.0569. The average Bonchev–Trinajstić information content (AvgIpc) is 2.28. The van der Waals surface area contributed by atoms with Gasteiger partial charge in [-0.2, -0.15) is 0 Å². The van der Waals surface area contributed by atoms with Gasteiger partial charge < -0.3 is 10.6 Å². The molecule has 0 aliphatic rings. The van der Waals surface area contributed by atoms with Crippen LogP contribution in [0.5, 0.6) is 0 Å². The molecule has 0 radical (unpaired) electrons. The number of halogens is 1. The highest BCUT2D eigenvalue weighted by molar-refractivity contribution is 6.34. The SMILES string of the molecule is CCN(CC(C)C)C(=O)c1cc(N)ccc1Cl. The zero-order valence-electron chi connectivity index (χ0n) is 10.5. The Labute approximate surface area is 108 Å². The highest BCUT2D eigenvalue weighted by Crippen LogP contribution is 2.21. The summed E-state index contributed by atoms with van der Waals surface area (Å²) < 4.78 is 0. The molecule has 0 heterocycles. The molecular formula is C13H19ClN2O. The third kappa shape index (κ3) is 3.63.